The molecule has 144 valence electrons. The summed E-state index contributed by atoms with van der Waals surface area (Å²) in [6.07, 6.45) is 0. The summed E-state index contributed by atoms with van der Waals surface area (Å²) in [7, 11) is 0. The van der Waals surface area contributed by atoms with Crippen molar-refractivity contribution in [3.63, 3.8) is 0 Å². The largest absolute Gasteiger partial charge is 0.492 e. The average molecular weight is 377 g/mol. The van der Waals surface area contributed by atoms with Gasteiger partial charge < -0.3 is 5.11 Å². The van der Waals surface area contributed by atoms with Crippen LogP contribution in [0.1, 0.15) is 57.5 Å². The van der Waals surface area contributed by atoms with Gasteiger partial charge in [-0.2, -0.15) is 20.1 Å². The van der Waals surface area contributed by atoms with Crippen molar-refractivity contribution in [2.45, 2.75) is 46.0 Å². The summed E-state index contributed by atoms with van der Waals surface area (Å²) < 4.78 is 1.44. The van der Waals surface area contributed by atoms with E-state index in [9.17, 15) is 10.4 Å². The van der Waals surface area contributed by atoms with E-state index in [0.717, 1.165) is 0 Å². The number of hydrogen-bond acceptors (Lipinski definition) is 6. The van der Waals surface area contributed by atoms with E-state index in [-0.39, 0.29) is 28.7 Å². The van der Waals surface area contributed by atoms with Crippen LogP contribution in [0.5, 0.6) is 5.88 Å². The van der Waals surface area contributed by atoms with Gasteiger partial charge >= 0.3 is 0 Å². The first-order valence-corrected chi connectivity index (χ1v) is 9.02. The molecule has 0 radical (unpaired) electrons. The minimum atomic E-state index is -0.374. The van der Waals surface area contributed by atoms with Crippen molar-refractivity contribution in [3.8, 4) is 17.6 Å². The number of H-pyrrole nitrogens is 1. The second-order valence-corrected chi connectivity index (χ2v) is 7.82. The first kappa shape index (κ1) is 19.3. The molecule has 0 spiro atoms. The number of hydrogen-bond donors (Lipinski definition) is 2. The number of rotatable bonds is 4. The molecule has 0 aliphatic rings. The topological polar surface area (TPSA) is 115 Å². The molecule has 0 fully saturated rings. The lowest BCUT2D eigenvalue weighted by atomic mass is 9.91. The second-order valence-electron chi connectivity index (χ2n) is 7.82. The van der Waals surface area contributed by atoms with Crippen molar-refractivity contribution in [2.75, 3.05) is 0 Å². The number of aromatic amines is 1. The molecule has 2 N–H and O–H groups in total. The van der Waals surface area contributed by atoms with Crippen LogP contribution in [0.25, 0.3) is 5.69 Å². The average Bonchev–Trinajstić information content (AvgIpc) is 3.21. The van der Waals surface area contributed by atoms with Crippen molar-refractivity contribution < 1.29 is 5.11 Å². The van der Waals surface area contributed by atoms with Gasteiger partial charge in [-0.1, -0.05) is 52.8 Å². The van der Waals surface area contributed by atoms with Crippen molar-refractivity contribution in [2.24, 2.45) is 10.2 Å². The lowest BCUT2D eigenvalue weighted by Crippen LogP contribution is -2.13. The quantitative estimate of drug-likeness (QED) is 0.622. The second kappa shape index (κ2) is 7.27. The normalized spacial score (nSPS) is 12.0. The van der Waals surface area contributed by atoms with Crippen LogP contribution < -0.4 is 0 Å². The molecule has 0 saturated heterocycles. The van der Waals surface area contributed by atoms with Gasteiger partial charge in [-0.05, 0) is 18.1 Å². The Hall–Kier alpha value is -3.47. The Balaban J connectivity index is 2.11. The molecule has 0 bridgehead atoms. The van der Waals surface area contributed by atoms with Gasteiger partial charge in [0.05, 0.1) is 17.1 Å². The Morgan fingerprint density at radius 2 is 1.86 bits per heavy atom. The lowest BCUT2D eigenvalue weighted by Gasteiger charge is -2.15. The SMILES string of the molecule is CC(C)c1n[nH]c(/N=N/c2c(C(C)(C)C)nn(-c3ccccc3)c2O)c1C#N. The number of para-hydroxylation sites is 1. The number of benzene rings is 1. The van der Waals surface area contributed by atoms with Gasteiger partial charge in [-0.3, -0.25) is 5.10 Å². The van der Waals surface area contributed by atoms with Gasteiger partial charge in [0, 0.05) is 5.41 Å². The summed E-state index contributed by atoms with van der Waals surface area (Å²) >= 11 is 0. The third kappa shape index (κ3) is 3.51. The van der Waals surface area contributed by atoms with Crippen LogP contribution in [0, 0.1) is 11.3 Å². The zero-order valence-corrected chi connectivity index (χ0v) is 16.6. The Kier molecular flexibility index (Phi) is 5.01. The molecule has 28 heavy (non-hydrogen) atoms. The van der Waals surface area contributed by atoms with Gasteiger partial charge in [0.1, 0.15) is 11.6 Å². The molecule has 0 unspecified atom stereocenters. The smallest absolute Gasteiger partial charge is 0.243 e. The molecular weight excluding hydrogens is 354 g/mol. The molecule has 2 heterocycles. The van der Waals surface area contributed by atoms with Crippen LogP contribution in [-0.2, 0) is 5.41 Å². The first-order valence-electron chi connectivity index (χ1n) is 9.02. The maximum absolute atomic E-state index is 10.8. The summed E-state index contributed by atoms with van der Waals surface area (Å²) in [5, 5.41) is 40.1. The molecule has 0 atom stereocenters. The van der Waals surface area contributed by atoms with Crippen molar-refractivity contribution in [1.82, 2.24) is 20.0 Å². The maximum atomic E-state index is 10.8. The third-order valence-electron chi connectivity index (χ3n) is 4.23. The van der Waals surface area contributed by atoms with E-state index in [4.69, 9.17) is 0 Å². The van der Waals surface area contributed by atoms with Gasteiger partial charge in [0.25, 0.3) is 0 Å². The van der Waals surface area contributed by atoms with Crippen LogP contribution in [-0.4, -0.2) is 25.1 Å². The summed E-state index contributed by atoms with van der Waals surface area (Å²) in [5.41, 5.74) is 2.19. The molecule has 8 heteroatoms. The molecule has 3 aromatic rings. The van der Waals surface area contributed by atoms with E-state index in [2.05, 4.69) is 31.6 Å². The Bertz CT molecular complexity index is 1050. The molecule has 2 aromatic heterocycles. The van der Waals surface area contributed by atoms with Crippen LogP contribution in [0.2, 0.25) is 0 Å². The van der Waals surface area contributed by atoms with Gasteiger partial charge in [-0.25, -0.2) is 0 Å². The van der Waals surface area contributed by atoms with Crippen molar-refractivity contribution in [3.05, 3.63) is 47.3 Å². The highest BCUT2D eigenvalue weighted by molar-refractivity contribution is 5.58. The van der Waals surface area contributed by atoms with E-state index in [1.165, 1.54) is 4.68 Å². The van der Waals surface area contributed by atoms with Crippen LogP contribution in [0.4, 0.5) is 11.5 Å². The molecule has 0 saturated carbocycles. The van der Waals surface area contributed by atoms with Crippen molar-refractivity contribution in [1.29, 1.82) is 5.26 Å². The highest BCUT2D eigenvalue weighted by atomic mass is 16.3. The number of azo groups is 1. The number of nitrogens with one attached hydrogen (secondary N) is 1. The fourth-order valence-electron chi connectivity index (χ4n) is 2.79. The maximum Gasteiger partial charge on any atom is 0.243 e. The van der Waals surface area contributed by atoms with Gasteiger partial charge in [0.15, 0.2) is 11.5 Å². The van der Waals surface area contributed by atoms with Crippen molar-refractivity contribution >= 4 is 11.5 Å². The van der Waals surface area contributed by atoms with Gasteiger partial charge in [-0.15, -0.1) is 10.2 Å². The van der Waals surface area contributed by atoms with Gasteiger partial charge in [0.2, 0.25) is 5.88 Å². The summed E-state index contributed by atoms with van der Waals surface area (Å²) in [6.45, 7) is 9.85. The molecular formula is C20H23N7O. The number of nitriles is 1. The van der Waals surface area contributed by atoms with Crippen LogP contribution in [0.3, 0.4) is 0 Å². The van der Waals surface area contributed by atoms with E-state index in [0.29, 0.717) is 22.6 Å². The van der Waals surface area contributed by atoms with Crippen LogP contribution >= 0.6 is 0 Å². The van der Waals surface area contributed by atoms with E-state index in [1.807, 2.05) is 65.0 Å². The predicted octanol–water partition coefficient (Wildman–Crippen LogP) is 5.01. The Labute approximate surface area is 163 Å². The molecule has 1 aromatic carbocycles. The zero-order valence-electron chi connectivity index (χ0n) is 16.6. The fraction of sp³-hybridized carbons (Fsp3) is 0.350. The molecule has 8 nitrogen and oxygen atoms in total. The summed E-state index contributed by atoms with van der Waals surface area (Å²) in [4.78, 5) is 0. The third-order valence-corrected chi connectivity index (χ3v) is 4.23. The summed E-state index contributed by atoms with van der Waals surface area (Å²) in [5.74, 6) is 0.231. The summed E-state index contributed by atoms with van der Waals surface area (Å²) in [6, 6.07) is 11.4. The molecule has 0 aliphatic heterocycles. The minimum absolute atomic E-state index is 0.0780. The monoisotopic (exact) mass is 377 g/mol. The zero-order chi connectivity index (χ0) is 20.5. The van der Waals surface area contributed by atoms with E-state index >= 15 is 0 Å². The van der Waals surface area contributed by atoms with E-state index in [1.54, 1.807) is 0 Å². The lowest BCUT2D eigenvalue weighted by molar-refractivity contribution is 0.434. The highest BCUT2D eigenvalue weighted by Crippen LogP contribution is 2.40. The highest BCUT2D eigenvalue weighted by Gasteiger charge is 2.28. The number of aromatic nitrogens is 4. The Morgan fingerprint density at radius 1 is 1.18 bits per heavy atom. The fourth-order valence-corrected chi connectivity index (χ4v) is 2.79. The minimum Gasteiger partial charge on any atom is -0.492 e. The predicted molar refractivity (Wildman–Crippen MR) is 105 cm³/mol. The standard InChI is InChI=1S/C20H23N7O/c1-12(2)15-14(11-21)18(24-22-15)25-23-16-17(20(3,4)5)26-27(19(16)28)13-9-7-6-8-10-13/h6-10,12,28H,1-5H3,(H,22,24)/b25-23+. The van der Waals surface area contributed by atoms with Crippen LogP contribution in [0.15, 0.2) is 40.6 Å². The Morgan fingerprint density at radius 3 is 2.43 bits per heavy atom. The molecule has 0 aliphatic carbocycles. The molecule has 0 amide bonds. The molecule has 3 rings (SSSR count). The van der Waals surface area contributed by atoms with E-state index < -0.39 is 0 Å². The first-order chi connectivity index (χ1) is 13.2. The number of nitrogens with zero attached hydrogens (tertiary/aromatic N) is 6. The number of aromatic hydroxyl groups is 1.